The number of thiocarbonyl (C=S) groups is 1. The minimum atomic E-state index is 0.648. The van der Waals surface area contributed by atoms with Gasteiger partial charge in [-0.25, -0.2) is 0 Å². The molecule has 0 aromatic heterocycles. The third-order valence-electron chi connectivity index (χ3n) is 2.35. The lowest BCUT2D eigenvalue weighted by Gasteiger charge is -2.08. The van der Waals surface area contributed by atoms with Crippen LogP contribution in [0.3, 0.4) is 0 Å². The van der Waals surface area contributed by atoms with Crippen LogP contribution >= 0.6 is 12.2 Å². The highest BCUT2D eigenvalue weighted by atomic mass is 32.1. The van der Waals surface area contributed by atoms with Gasteiger partial charge in [0.15, 0.2) is 0 Å². The minimum absolute atomic E-state index is 0.648. The normalized spacial score (nSPS) is 15.5. The van der Waals surface area contributed by atoms with Crippen molar-refractivity contribution < 1.29 is 0 Å². The smallest absolute Gasteiger partial charge is 0.0828 e. The molecule has 0 unspecified atom stereocenters. The Morgan fingerprint density at radius 1 is 1.38 bits per heavy atom. The number of hydrogen-bond donors (Lipinski definition) is 1. The van der Waals surface area contributed by atoms with E-state index < -0.39 is 0 Å². The van der Waals surface area contributed by atoms with Crippen LogP contribution in [0, 0.1) is 12.8 Å². The second-order valence-corrected chi connectivity index (χ2v) is 4.02. The van der Waals surface area contributed by atoms with E-state index in [1.165, 1.54) is 18.4 Å². The van der Waals surface area contributed by atoms with Crippen LogP contribution < -0.4 is 5.32 Å². The van der Waals surface area contributed by atoms with Gasteiger partial charge in [-0.05, 0) is 31.4 Å². The maximum absolute atomic E-state index is 5.27. The summed E-state index contributed by atoms with van der Waals surface area (Å²) >= 11 is 5.27. The summed E-state index contributed by atoms with van der Waals surface area (Å²) < 4.78 is 0. The molecule has 2 heteroatoms. The molecule has 0 atom stereocenters. The number of para-hydroxylation sites is 1. The predicted molar refractivity (Wildman–Crippen MR) is 60.1 cm³/mol. The van der Waals surface area contributed by atoms with Crippen molar-refractivity contribution in [3.8, 4) is 0 Å². The number of rotatable bonds is 2. The fourth-order valence-electron chi connectivity index (χ4n) is 1.29. The van der Waals surface area contributed by atoms with Crippen molar-refractivity contribution in [3.05, 3.63) is 29.8 Å². The van der Waals surface area contributed by atoms with Gasteiger partial charge >= 0.3 is 0 Å². The molecule has 13 heavy (non-hydrogen) atoms. The Morgan fingerprint density at radius 3 is 2.69 bits per heavy atom. The first-order valence-electron chi connectivity index (χ1n) is 4.64. The first-order valence-corrected chi connectivity index (χ1v) is 5.04. The van der Waals surface area contributed by atoms with E-state index in [4.69, 9.17) is 12.2 Å². The van der Waals surface area contributed by atoms with E-state index in [0.717, 1.165) is 10.7 Å². The van der Waals surface area contributed by atoms with Gasteiger partial charge in [0.25, 0.3) is 0 Å². The fourth-order valence-corrected chi connectivity index (χ4v) is 1.64. The molecule has 0 aliphatic heterocycles. The van der Waals surface area contributed by atoms with Gasteiger partial charge in [0.2, 0.25) is 0 Å². The maximum Gasteiger partial charge on any atom is 0.0828 e. The van der Waals surface area contributed by atoms with Crippen LogP contribution in [-0.4, -0.2) is 4.99 Å². The summed E-state index contributed by atoms with van der Waals surface area (Å²) in [6, 6.07) is 8.24. The summed E-state index contributed by atoms with van der Waals surface area (Å²) in [7, 11) is 0. The highest BCUT2D eigenvalue weighted by Crippen LogP contribution is 2.31. The lowest BCUT2D eigenvalue weighted by Crippen LogP contribution is -2.11. The first kappa shape index (κ1) is 8.70. The topological polar surface area (TPSA) is 12.0 Å². The van der Waals surface area contributed by atoms with E-state index in [1.54, 1.807) is 0 Å². The van der Waals surface area contributed by atoms with Crippen LogP contribution in [-0.2, 0) is 0 Å². The molecule has 0 amide bonds. The zero-order valence-electron chi connectivity index (χ0n) is 7.71. The highest BCUT2D eigenvalue weighted by Gasteiger charge is 2.26. The number of anilines is 1. The van der Waals surface area contributed by atoms with Crippen molar-refractivity contribution in [2.75, 3.05) is 5.32 Å². The summed E-state index contributed by atoms with van der Waals surface area (Å²) in [6.45, 7) is 2.10. The SMILES string of the molecule is Cc1ccccc1NC(=S)C1CC1. The minimum Gasteiger partial charge on any atom is -0.350 e. The largest absolute Gasteiger partial charge is 0.350 e. The number of nitrogens with one attached hydrogen (secondary N) is 1. The van der Waals surface area contributed by atoms with E-state index in [2.05, 4.69) is 24.4 Å². The average Bonchev–Trinajstić information content (AvgIpc) is 2.91. The molecule has 1 aromatic carbocycles. The van der Waals surface area contributed by atoms with E-state index in [9.17, 15) is 0 Å². The van der Waals surface area contributed by atoms with Gasteiger partial charge in [0, 0.05) is 11.6 Å². The van der Waals surface area contributed by atoms with E-state index in [1.807, 2.05) is 12.1 Å². The zero-order chi connectivity index (χ0) is 9.26. The Balaban J connectivity index is 2.08. The van der Waals surface area contributed by atoms with Gasteiger partial charge in [-0.2, -0.15) is 0 Å². The third-order valence-corrected chi connectivity index (χ3v) is 2.79. The molecule has 1 aliphatic carbocycles. The van der Waals surface area contributed by atoms with Gasteiger partial charge in [0.1, 0.15) is 0 Å². The number of benzene rings is 1. The van der Waals surface area contributed by atoms with E-state index in [-0.39, 0.29) is 0 Å². The average molecular weight is 191 g/mol. The van der Waals surface area contributed by atoms with Crippen molar-refractivity contribution in [3.63, 3.8) is 0 Å². The summed E-state index contributed by atoms with van der Waals surface area (Å²) in [5.41, 5.74) is 2.41. The van der Waals surface area contributed by atoms with Gasteiger partial charge in [-0.3, -0.25) is 0 Å². The molecule has 0 radical (unpaired) electrons. The van der Waals surface area contributed by atoms with Crippen LogP contribution in [0.4, 0.5) is 5.69 Å². The quantitative estimate of drug-likeness (QED) is 0.721. The molecule has 0 bridgehead atoms. The van der Waals surface area contributed by atoms with E-state index in [0.29, 0.717) is 5.92 Å². The Kier molecular flexibility index (Phi) is 2.32. The van der Waals surface area contributed by atoms with Gasteiger partial charge < -0.3 is 5.32 Å². The van der Waals surface area contributed by atoms with Crippen molar-refractivity contribution in [2.45, 2.75) is 19.8 Å². The van der Waals surface area contributed by atoms with Crippen LogP contribution in [0.25, 0.3) is 0 Å². The predicted octanol–water partition coefficient (Wildman–Crippen LogP) is 3.14. The van der Waals surface area contributed by atoms with Gasteiger partial charge in [-0.15, -0.1) is 0 Å². The second-order valence-electron chi connectivity index (χ2n) is 3.58. The molecule has 1 aliphatic rings. The Labute approximate surface area is 84.2 Å². The van der Waals surface area contributed by atoms with Crippen LogP contribution in [0.15, 0.2) is 24.3 Å². The molecular formula is C11H13NS. The molecule has 2 rings (SSSR count). The molecule has 0 spiro atoms. The number of hydrogen-bond acceptors (Lipinski definition) is 1. The van der Waals surface area contributed by atoms with Crippen molar-refractivity contribution >= 4 is 22.9 Å². The summed E-state index contributed by atoms with van der Waals surface area (Å²) in [6.07, 6.45) is 2.52. The number of aryl methyl sites for hydroxylation is 1. The van der Waals surface area contributed by atoms with Crippen LogP contribution in [0.2, 0.25) is 0 Å². The van der Waals surface area contributed by atoms with Crippen molar-refractivity contribution in [2.24, 2.45) is 5.92 Å². The molecule has 1 nitrogen and oxygen atoms in total. The standard InChI is InChI=1S/C11H13NS/c1-8-4-2-3-5-10(8)12-11(13)9-6-7-9/h2-5,9H,6-7H2,1H3,(H,12,13). The fraction of sp³-hybridized carbons (Fsp3) is 0.364. The summed E-state index contributed by atoms with van der Waals surface area (Å²) in [5.74, 6) is 0.648. The van der Waals surface area contributed by atoms with Gasteiger partial charge in [-0.1, -0.05) is 30.4 Å². The summed E-state index contributed by atoms with van der Waals surface area (Å²) in [4.78, 5) is 1.01. The van der Waals surface area contributed by atoms with E-state index >= 15 is 0 Å². The molecule has 0 heterocycles. The lowest BCUT2D eigenvalue weighted by atomic mass is 10.2. The monoisotopic (exact) mass is 191 g/mol. The van der Waals surface area contributed by atoms with Crippen LogP contribution in [0.1, 0.15) is 18.4 Å². The van der Waals surface area contributed by atoms with Crippen molar-refractivity contribution in [1.82, 2.24) is 0 Å². The van der Waals surface area contributed by atoms with Crippen LogP contribution in [0.5, 0.6) is 0 Å². The lowest BCUT2D eigenvalue weighted by molar-refractivity contribution is 1.22. The zero-order valence-corrected chi connectivity index (χ0v) is 8.53. The second kappa shape index (κ2) is 3.46. The Hall–Kier alpha value is -0.890. The molecule has 0 saturated heterocycles. The molecule has 1 aromatic rings. The molecule has 1 fully saturated rings. The molecule has 68 valence electrons. The third kappa shape index (κ3) is 2.07. The van der Waals surface area contributed by atoms with Gasteiger partial charge in [0.05, 0.1) is 4.99 Å². The molecular weight excluding hydrogens is 178 g/mol. The van der Waals surface area contributed by atoms with Crippen molar-refractivity contribution in [1.29, 1.82) is 0 Å². The highest BCUT2D eigenvalue weighted by molar-refractivity contribution is 7.80. The molecule has 1 N–H and O–H groups in total. The molecule has 1 saturated carbocycles. The summed E-state index contributed by atoms with van der Waals surface area (Å²) in [5, 5.41) is 3.30. The Morgan fingerprint density at radius 2 is 2.08 bits per heavy atom. The maximum atomic E-state index is 5.27. The Bertz CT molecular complexity index is 329. The first-order chi connectivity index (χ1) is 6.27.